The number of aryl methyl sites for hydroxylation is 1. The molecule has 18 heavy (non-hydrogen) atoms. The summed E-state index contributed by atoms with van der Waals surface area (Å²) >= 11 is 1.84. The zero-order valence-corrected chi connectivity index (χ0v) is 10.9. The normalized spacial score (nSPS) is 18.3. The van der Waals surface area contributed by atoms with Crippen LogP contribution in [-0.4, -0.2) is 10.1 Å². The van der Waals surface area contributed by atoms with Crippen LogP contribution in [0.4, 0.5) is 0 Å². The summed E-state index contributed by atoms with van der Waals surface area (Å²) in [6.45, 7) is 0. The summed E-state index contributed by atoms with van der Waals surface area (Å²) in [4.78, 5) is 5.74. The van der Waals surface area contributed by atoms with Gasteiger partial charge in [0.25, 0.3) is 0 Å². The molecule has 2 aromatic rings. The Hall–Kier alpha value is -1.48. The maximum atomic E-state index is 9.30. The summed E-state index contributed by atoms with van der Waals surface area (Å²) in [5, 5.41) is 9.74. The first-order chi connectivity index (χ1) is 8.83. The maximum Gasteiger partial charge on any atom is 0.115 e. The van der Waals surface area contributed by atoms with Gasteiger partial charge in [-0.25, -0.2) is 0 Å². The molecule has 3 rings (SSSR count). The number of hydrogen-bond donors (Lipinski definition) is 1. The van der Waals surface area contributed by atoms with Gasteiger partial charge in [-0.3, -0.25) is 4.98 Å². The van der Waals surface area contributed by atoms with E-state index in [1.54, 1.807) is 12.1 Å². The average Bonchev–Trinajstić information content (AvgIpc) is 2.42. The number of hydrogen-bond acceptors (Lipinski definition) is 3. The lowest BCUT2D eigenvalue weighted by Gasteiger charge is -2.23. The van der Waals surface area contributed by atoms with Crippen molar-refractivity contribution in [3.63, 3.8) is 0 Å². The number of thioether (sulfide) groups is 1. The van der Waals surface area contributed by atoms with E-state index in [-0.39, 0.29) is 0 Å². The van der Waals surface area contributed by atoms with E-state index in [4.69, 9.17) is 0 Å². The fraction of sp³-hybridized carbons (Fsp3) is 0.267. The molecule has 1 heterocycles. The van der Waals surface area contributed by atoms with Crippen molar-refractivity contribution in [3.05, 3.63) is 53.9 Å². The third-order valence-electron chi connectivity index (χ3n) is 3.26. The van der Waals surface area contributed by atoms with Gasteiger partial charge < -0.3 is 5.11 Å². The molecule has 92 valence electrons. The third-order valence-corrected chi connectivity index (χ3v) is 4.55. The van der Waals surface area contributed by atoms with E-state index in [0.29, 0.717) is 11.0 Å². The average molecular weight is 257 g/mol. The number of fused-ring (bicyclic) bond motifs is 1. The van der Waals surface area contributed by atoms with Crippen LogP contribution in [0.15, 0.2) is 47.5 Å². The molecular weight excluding hydrogens is 242 g/mol. The van der Waals surface area contributed by atoms with Crippen LogP contribution in [0, 0.1) is 0 Å². The van der Waals surface area contributed by atoms with Gasteiger partial charge in [-0.1, -0.05) is 6.07 Å². The van der Waals surface area contributed by atoms with Crippen LogP contribution >= 0.6 is 11.8 Å². The molecule has 1 aliphatic rings. The monoisotopic (exact) mass is 257 g/mol. The van der Waals surface area contributed by atoms with E-state index in [1.165, 1.54) is 29.0 Å². The molecule has 0 amide bonds. The molecular formula is C15H15NOS. The Bertz CT molecular complexity index is 538. The van der Waals surface area contributed by atoms with Gasteiger partial charge in [0, 0.05) is 11.1 Å². The Balaban J connectivity index is 1.84. The molecule has 0 saturated heterocycles. The lowest BCUT2D eigenvalue weighted by molar-refractivity contribution is 0.475. The van der Waals surface area contributed by atoms with Crippen molar-refractivity contribution in [2.24, 2.45) is 0 Å². The Kier molecular flexibility index (Phi) is 3.24. The van der Waals surface area contributed by atoms with Gasteiger partial charge >= 0.3 is 0 Å². The summed E-state index contributed by atoms with van der Waals surface area (Å²) in [7, 11) is 0. The van der Waals surface area contributed by atoms with Crippen molar-refractivity contribution in [3.8, 4) is 5.75 Å². The maximum absolute atomic E-state index is 9.30. The number of pyridine rings is 1. The van der Waals surface area contributed by atoms with E-state index in [0.717, 1.165) is 6.42 Å². The van der Waals surface area contributed by atoms with Crippen LogP contribution in [0.3, 0.4) is 0 Å². The van der Waals surface area contributed by atoms with E-state index >= 15 is 0 Å². The number of phenolic OH excluding ortho intramolecular Hbond substituents is 1. The van der Waals surface area contributed by atoms with Crippen LogP contribution in [0.25, 0.3) is 0 Å². The molecule has 0 bridgehead atoms. The summed E-state index contributed by atoms with van der Waals surface area (Å²) in [6, 6.07) is 11.6. The second-order valence-electron chi connectivity index (χ2n) is 4.54. The molecule has 1 N–H and O–H groups in total. The van der Waals surface area contributed by atoms with Crippen molar-refractivity contribution in [1.29, 1.82) is 0 Å². The first kappa shape index (κ1) is 11.6. The van der Waals surface area contributed by atoms with Gasteiger partial charge in [0.1, 0.15) is 5.75 Å². The molecule has 1 unspecified atom stereocenters. The van der Waals surface area contributed by atoms with E-state index in [9.17, 15) is 5.11 Å². The number of aromatic hydroxyl groups is 1. The number of nitrogens with zero attached hydrogens (tertiary/aromatic N) is 1. The number of phenols is 1. The lowest BCUT2D eigenvalue weighted by atomic mass is 9.96. The number of benzene rings is 1. The molecule has 0 fully saturated rings. The molecule has 0 aliphatic heterocycles. The summed E-state index contributed by atoms with van der Waals surface area (Å²) in [6.07, 6.45) is 5.44. The van der Waals surface area contributed by atoms with Crippen molar-refractivity contribution >= 4 is 11.8 Å². The fourth-order valence-electron chi connectivity index (χ4n) is 2.37. The second-order valence-corrected chi connectivity index (χ2v) is 5.82. The molecule has 1 aromatic carbocycles. The van der Waals surface area contributed by atoms with Gasteiger partial charge in [-0.15, -0.1) is 11.8 Å². The zero-order chi connectivity index (χ0) is 12.4. The highest BCUT2D eigenvalue weighted by Crippen LogP contribution is 2.42. The highest BCUT2D eigenvalue weighted by molar-refractivity contribution is 7.99. The summed E-state index contributed by atoms with van der Waals surface area (Å²) in [5.74, 6) is 0.321. The molecule has 3 heteroatoms. The highest BCUT2D eigenvalue weighted by atomic mass is 32.2. The van der Waals surface area contributed by atoms with Crippen LogP contribution in [0.5, 0.6) is 5.75 Å². The van der Waals surface area contributed by atoms with E-state index in [2.05, 4.69) is 11.1 Å². The van der Waals surface area contributed by atoms with Gasteiger partial charge in [0.2, 0.25) is 0 Å². The molecule has 2 nitrogen and oxygen atoms in total. The molecule has 0 saturated carbocycles. The van der Waals surface area contributed by atoms with Crippen LogP contribution in [0.2, 0.25) is 0 Å². The Morgan fingerprint density at radius 2 is 2.00 bits per heavy atom. The predicted octanol–water partition coefficient (Wildman–Crippen LogP) is 3.96. The predicted molar refractivity (Wildman–Crippen MR) is 73.9 cm³/mol. The largest absolute Gasteiger partial charge is 0.508 e. The van der Waals surface area contributed by atoms with Crippen LogP contribution in [-0.2, 0) is 6.42 Å². The van der Waals surface area contributed by atoms with E-state index < -0.39 is 0 Å². The van der Waals surface area contributed by atoms with Crippen molar-refractivity contribution in [2.75, 3.05) is 0 Å². The van der Waals surface area contributed by atoms with Crippen molar-refractivity contribution in [2.45, 2.75) is 29.4 Å². The summed E-state index contributed by atoms with van der Waals surface area (Å²) in [5.41, 5.74) is 2.63. The van der Waals surface area contributed by atoms with Gasteiger partial charge in [-0.05, 0) is 55.2 Å². The Morgan fingerprint density at radius 1 is 1.17 bits per heavy atom. The smallest absolute Gasteiger partial charge is 0.115 e. The minimum atomic E-state index is 0.321. The third kappa shape index (κ3) is 2.36. The second kappa shape index (κ2) is 5.02. The minimum Gasteiger partial charge on any atom is -0.508 e. The number of aromatic nitrogens is 1. The first-order valence-electron chi connectivity index (χ1n) is 6.22. The standard InChI is InChI=1S/C15H15NOS/c17-12-6-8-13(9-7-12)18-14-5-1-3-11-4-2-10-16-15(11)14/h2,4,6-10,14,17H,1,3,5H2. The minimum absolute atomic E-state index is 0.321. The van der Waals surface area contributed by atoms with Crippen molar-refractivity contribution in [1.82, 2.24) is 4.98 Å². The molecule has 1 aromatic heterocycles. The molecule has 0 radical (unpaired) electrons. The van der Waals surface area contributed by atoms with Gasteiger partial charge in [-0.2, -0.15) is 0 Å². The SMILES string of the molecule is Oc1ccc(SC2CCCc3cccnc32)cc1. The van der Waals surface area contributed by atoms with Crippen molar-refractivity contribution < 1.29 is 5.11 Å². The molecule has 1 aliphatic carbocycles. The van der Waals surface area contributed by atoms with Crippen LogP contribution < -0.4 is 0 Å². The molecule has 1 atom stereocenters. The lowest BCUT2D eigenvalue weighted by Crippen LogP contribution is -2.08. The summed E-state index contributed by atoms with van der Waals surface area (Å²) < 4.78 is 0. The first-order valence-corrected chi connectivity index (χ1v) is 7.10. The quantitative estimate of drug-likeness (QED) is 0.884. The topological polar surface area (TPSA) is 33.1 Å². The Morgan fingerprint density at radius 3 is 2.83 bits per heavy atom. The fourth-order valence-corrected chi connectivity index (χ4v) is 3.60. The zero-order valence-electron chi connectivity index (χ0n) is 10.0. The highest BCUT2D eigenvalue weighted by Gasteiger charge is 2.21. The van der Waals surface area contributed by atoms with Crippen LogP contribution in [0.1, 0.15) is 29.3 Å². The van der Waals surface area contributed by atoms with E-state index in [1.807, 2.05) is 36.2 Å². The number of rotatable bonds is 2. The molecule has 0 spiro atoms. The van der Waals surface area contributed by atoms with Gasteiger partial charge in [0.15, 0.2) is 0 Å². The van der Waals surface area contributed by atoms with Gasteiger partial charge in [0.05, 0.1) is 10.9 Å². The Labute approximate surface area is 111 Å².